The smallest absolute Gasteiger partial charge is 0.257 e. The number of nitrogens with one attached hydrogen (secondary N) is 2. The predicted molar refractivity (Wildman–Crippen MR) is 99.6 cm³/mol. The lowest BCUT2D eigenvalue weighted by atomic mass is 10.1. The quantitative estimate of drug-likeness (QED) is 0.787. The van der Waals surface area contributed by atoms with Gasteiger partial charge in [-0.1, -0.05) is 11.6 Å². The van der Waals surface area contributed by atoms with Crippen LogP contribution in [-0.4, -0.2) is 45.6 Å². The molecule has 140 valence electrons. The molecule has 2 aromatic rings. The van der Waals surface area contributed by atoms with Gasteiger partial charge in [0.25, 0.3) is 5.88 Å². The van der Waals surface area contributed by atoms with Crippen LogP contribution in [0.2, 0.25) is 5.02 Å². The van der Waals surface area contributed by atoms with Crippen molar-refractivity contribution in [1.82, 2.24) is 19.7 Å². The van der Waals surface area contributed by atoms with Crippen molar-refractivity contribution < 1.29 is 9.47 Å². The van der Waals surface area contributed by atoms with Crippen LogP contribution in [0.4, 0.5) is 17.5 Å². The van der Waals surface area contributed by atoms with Gasteiger partial charge >= 0.3 is 0 Å². The molecule has 2 aliphatic rings. The second-order valence-corrected chi connectivity index (χ2v) is 7.16. The summed E-state index contributed by atoms with van der Waals surface area (Å²) in [5.41, 5.74) is 1.81. The zero-order valence-corrected chi connectivity index (χ0v) is 15.7. The Balaban J connectivity index is 1.72. The molecule has 1 atom stereocenters. The first-order valence-electron chi connectivity index (χ1n) is 8.97. The largest absolute Gasteiger partial charge is 0.475 e. The normalized spacial score (nSPS) is 21.0. The molecule has 0 saturated carbocycles. The van der Waals surface area contributed by atoms with Crippen LogP contribution in [0.15, 0.2) is 6.20 Å². The Labute approximate surface area is 157 Å². The summed E-state index contributed by atoms with van der Waals surface area (Å²) in [4.78, 5) is 8.80. The molecule has 0 spiro atoms. The standard InChI is InChI=1S/C17H23ClN6O2/c1-10-3-8-26-16-14(21-17-19-9-13(18)15(20-10)22-17)11(2)24(23-16)12-4-6-25-7-5-12/h9-10,12H,3-8H2,1-2H3,(H2,19,20,21,22)/t10-/m1/s1. The van der Waals surface area contributed by atoms with Crippen molar-refractivity contribution in [3.8, 4) is 5.88 Å². The van der Waals surface area contributed by atoms with Crippen LogP contribution in [-0.2, 0) is 4.74 Å². The van der Waals surface area contributed by atoms with E-state index in [2.05, 4.69) is 27.5 Å². The molecule has 0 radical (unpaired) electrons. The first kappa shape index (κ1) is 17.4. The molecule has 8 nitrogen and oxygen atoms in total. The highest BCUT2D eigenvalue weighted by Crippen LogP contribution is 2.35. The van der Waals surface area contributed by atoms with Crippen LogP contribution in [0.1, 0.15) is 37.9 Å². The number of aromatic nitrogens is 4. The highest BCUT2D eigenvalue weighted by Gasteiger charge is 2.25. The van der Waals surface area contributed by atoms with E-state index in [0.29, 0.717) is 35.3 Å². The zero-order chi connectivity index (χ0) is 18.1. The molecule has 4 rings (SSSR count). The SMILES string of the molecule is Cc1c2c(nn1C1CCOCC1)OCC[C@@H](C)Nc1nc(ncc1Cl)N2. The lowest BCUT2D eigenvalue weighted by Crippen LogP contribution is -2.22. The van der Waals surface area contributed by atoms with Gasteiger partial charge in [-0.25, -0.2) is 4.98 Å². The van der Waals surface area contributed by atoms with Gasteiger partial charge in [0.2, 0.25) is 5.95 Å². The lowest BCUT2D eigenvalue weighted by molar-refractivity contribution is 0.0652. The second kappa shape index (κ2) is 7.28. The summed E-state index contributed by atoms with van der Waals surface area (Å²) < 4.78 is 13.5. The molecule has 2 bridgehead atoms. The van der Waals surface area contributed by atoms with Crippen molar-refractivity contribution in [2.24, 2.45) is 0 Å². The fourth-order valence-corrected chi connectivity index (χ4v) is 3.45. The molecule has 9 heteroatoms. The van der Waals surface area contributed by atoms with Crippen LogP contribution in [0, 0.1) is 6.92 Å². The van der Waals surface area contributed by atoms with Gasteiger partial charge < -0.3 is 20.1 Å². The molecule has 26 heavy (non-hydrogen) atoms. The number of rotatable bonds is 1. The molecule has 0 unspecified atom stereocenters. The van der Waals surface area contributed by atoms with Gasteiger partial charge in [0.05, 0.1) is 24.5 Å². The van der Waals surface area contributed by atoms with Gasteiger partial charge in [0, 0.05) is 25.7 Å². The van der Waals surface area contributed by atoms with Crippen molar-refractivity contribution >= 4 is 29.1 Å². The molecule has 0 aliphatic carbocycles. The van der Waals surface area contributed by atoms with E-state index in [1.807, 2.05) is 11.6 Å². The maximum Gasteiger partial charge on any atom is 0.257 e. The minimum Gasteiger partial charge on any atom is -0.475 e. The minimum absolute atomic E-state index is 0.162. The van der Waals surface area contributed by atoms with E-state index < -0.39 is 0 Å². The van der Waals surface area contributed by atoms with Crippen molar-refractivity contribution in [2.75, 3.05) is 30.5 Å². The van der Waals surface area contributed by atoms with Crippen molar-refractivity contribution in [3.05, 3.63) is 16.9 Å². The van der Waals surface area contributed by atoms with Crippen molar-refractivity contribution in [3.63, 3.8) is 0 Å². The third kappa shape index (κ3) is 3.43. The third-order valence-electron chi connectivity index (χ3n) is 4.81. The minimum atomic E-state index is 0.162. The lowest BCUT2D eigenvalue weighted by Gasteiger charge is -2.23. The monoisotopic (exact) mass is 378 g/mol. The van der Waals surface area contributed by atoms with E-state index in [9.17, 15) is 0 Å². The van der Waals surface area contributed by atoms with Gasteiger partial charge in [-0.05, 0) is 26.7 Å². The Morgan fingerprint density at radius 3 is 2.85 bits per heavy atom. The molecular weight excluding hydrogens is 356 g/mol. The summed E-state index contributed by atoms with van der Waals surface area (Å²) in [5.74, 6) is 1.67. The van der Waals surface area contributed by atoms with Crippen LogP contribution < -0.4 is 15.4 Å². The van der Waals surface area contributed by atoms with E-state index in [0.717, 1.165) is 43.9 Å². The topological polar surface area (TPSA) is 86.1 Å². The molecule has 4 heterocycles. The second-order valence-electron chi connectivity index (χ2n) is 6.75. The molecule has 1 fully saturated rings. The number of hydrogen-bond acceptors (Lipinski definition) is 7. The van der Waals surface area contributed by atoms with Gasteiger partial charge in [-0.2, -0.15) is 4.98 Å². The summed E-state index contributed by atoms with van der Waals surface area (Å²) in [7, 11) is 0. The summed E-state index contributed by atoms with van der Waals surface area (Å²) in [6, 6.07) is 0.479. The average molecular weight is 379 g/mol. The van der Waals surface area contributed by atoms with Crippen molar-refractivity contribution in [2.45, 2.75) is 45.2 Å². The summed E-state index contributed by atoms with van der Waals surface area (Å²) >= 11 is 6.22. The maximum absolute atomic E-state index is 6.22. The molecular formula is C17H23ClN6O2. The van der Waals surface area contributed by atoms with Gasteiger partial charge in [-0.3, -0.25) is 4.68 Å². The van der Waals surface area contributed by atoms with Gasteiger partial charge in [0.1, 0.15) is 10.7 Å². The number of ether oxygens (including phenoxy) is 2. The fraction of sp³-hybridized carbons (Fsp3) is 0.588. The molecule has 0 aromatic carbocycles. The number of halogens is 1. The van der Waals surface area contributed by atoms with Crippen molar-refractivity contribution in [1.29, 1.82) is 0 Å². The van der Waals surface area contributed by atoms with E-state index in [4.69, 9.17) is 26.2 Å². The number of hydrogen-bond donors (Lipinski definition) is 2. The van der Waals surface area contributed by atoms with Crippen LogP contribution >= 0.6 is 11.6 Å². The van der Waals surface area contributed by atoms with E-state index in [1.54, 1.807) is 6.20 Å². The Hall–Kier alpha value is -2.06. The highest BCUT2D eigenvalue weighted by atomic mass is 35.5. The third-order valence-corrected chi connectivity index (χ3v) is 5.08. The van der Waals surface area contributed by atoms with Gasteiger partial charge in [-0.15, -0.1) is 5.10 Å². The summed E-state index contributed by atoms with van der Waals surface area (Å²) in [6.45, 7) is 6.17. The molecule has 0 amide bonds. The fourth-order valence-electron chi connectivity index (χ4n) is 3.30. The number of nitrogens with zero attached hydrogens (tertiary/aromatic N) is 4. The number of anilines is 3. The highest BCUT2D eigenvalue weighted by molar-refractivity contribution is 6.32. The predicted octanol–water partition coefficient (Wildman–Crippen LogP) is 3.31. The van der Waals surface area contributed by atoms with E-state index in [-0.39, 0.29) is 6.04 Å². The molecule has 2 N–H and O–H groups in total. The van der Waals surface area contributed by atoms with Gasteiger partial charge in [0.15, 0.2) is 5.82 Å². The average Bonchev–Trinajstić information content (AvgIpc) is 2.93. The Morgan fingerprint density at radius 2 is 2.04 bits per heavy atom. The molecule has 2 aromatic heterocycles. The Kier molecular flexibility index (Phi) is 4.86. The maximum atomic E-state index is 6.22. The Morgan fingerprint density at radius 1 is 1.23 bits per heavy atom. The van der Waals surface area contributed by atoms with Crippen LogP contribution in [0.3, 0.4) is 0 Å². The Bertz CT molecular complexity index is 790. The summed E-state index contributed by atoms with van der Waals surface area (Å²) in [5, 5.41) is 11.8. The number of fused-ring (bicyclic) bond motifs is 3. The zero-order valence-electron chi connectivity index (χ0n) is 15.0. The molecule has 2 aliphatic heterocycles. The first-order chi connectivity index (χ1) is 12.6. The van der Waals surface area contributed by atoms with E-state index in [1.165, 1.54) is 0 Å². The van der Waals surface area contributed by atoms with E-state index >= 15 is 0 Å². The van der Waals surface area contributed by atoms with Crippen LogP contribution in [0.25, 0.3) is 0 Å². The molecule has 1 saturated heterocycles. The first-order valence-corrected chi connectivity index (χ1v) is 9.35. The summed E-state index contributed by atoms with van der Waals surface area (Å²) in [6.07, 6.45) is 4.30. The van der Waals surface area contributed by atoms with Crippen LogP contribution in [0.5, 0.6) is 5.88 Å².